The van der Waals surface area contributed by atoms with Crippen LogP contribution in [-0.4, -0.2) is 69.5 Å². The van der Waals surface area contributed by atoms with Gasteiger partial charge in [0.15, 0.2) is 16.6 Å². The maximum atomic E-state index is 11.8. The molecule has 2 heterocycles. The Bertz CT molecular complexity index is 1100. The standard InChI is InChI=1S/C14H23N5O9P2S/c1-13(5-27-30(25,26)28-29(22,23)24)4-14(2,9(21)8(13)20)19-6-16-7-10(15)17-12(31-3)18-11(7)19/h6,8-9,20-21H,4-5H2,1-3H3,(H,25,26)(H2,15,17,18)(H2,22,23,24)/t8-,9+,13+,14+/m0/s1. The molecule has 14 nitrogen and oxygen atoms in total. The van der Waals surface area contributed by atoms with E-state index >= 15 is 0 Å². The van der Waals surface area contributed by atoms with Gasteiger partial charge in [-0.05, 0) is 19.6 Å². The first kappa shape index (κ1) is 24.5. The molecule has 0 aromatic carbocycles. The molecule has 0 bridgehead atoms. The third kappa shape index (κ3) is 4.67. The summed E-state index contributed by atoms with van der Waals surface area (Å²) < 4.78 is 32.7. The number of aliphatic hydroxyl groups excluding tert-OH is 2. The van der Waals surface area contributed by atoms with Crippen molar-refractivity contribution < 1.29 is 42.9 Å². The highest BCUT2D eigenvalue weighted by molar-refractivity contribution is 7.98. The fraction of sp³-hybridized carbons (Fsp3) is 0.643. The smallest absolute Gasteiger partial charge is 0.390 e. The van der Waals surface area contributed by atoms with Gasteiger partial charge in [0.25, 0.3) is 0 Å². The Labute approximate surface area is 180 Å². The minimum atomic E-state index is -5.29. The van der Waals surface area contributed by atoms with E-state index in [0.717, 1.165) is 0 Å². The summed E-state index contributed by atoms with van der Waals surface area (Å²) in [4.78, 5) is 39.7. The van der Waals surface area contributed by atoms with E-state index in [-0.39, 0.29) is 12.2 Å². The third-order valence-electron chi connectivity index (χ3n) is 5.31. The number of phosphoric acid groups is 2. The minimum Gasteiger partial charge on any atom is -0.390 e. The summed E-state index contributed by atoms with van der Waals surface area (Å²) in [5.74, 6) is 0.145. The Morgan fingerprint density at radius 3 is 2.48 bits per heavy atom. The zero-order valence-corrected chi connectivity index (χ0v) is 19.3. The monoisotopic (exact) mass is 499 g/mol. The van der Waals surface area contributed by atoms with Gasteiger partial charge in [-0.15, -0.1) is 0 Å². The molecule has 0 amide bonds. The molecule has 2 aromatic heterocycles. The van der Waals surface area contributed by atoms with E-state index in [4.69, 9.17) is 20.0 Å². The van der Waals surface area contributed by atoms with Crippen molar-refractivity contribution >= 4 is 44.4 Å². The molecular formula is C14H23N5O9P2S. The number of anilines is 1. The van der Waals surface area contributed by atoms with Gasteiger partial charge in [0.1, 0.15) is 11.6 Å². The molecule has 17 heteroatoms. The molecule has 3 rings (SSSR count). The average molecular weight is 499 g/mol. The van der Waals surface area contributed by atoms with E-state index < -0.39 is 45.4 Å². The lowest BCUT2D eigenvalue weighted by Crippen LogP contribution is -2.42. The first-order valence-electron chi connectivity index (χ1n) is 8.77. The first-order valence-corrected chi connectivity index (χ1v) is 13.0. The second kappa shape index (κ2) is 8.03. The predicted molar refractivity (Wildman–Crippen MR) is 109 cm³/mol. The van der Waals surface area contributed by atoms with E-state index in [2.05, 4.69) is 19.3 Å². The van der Waals surface area contributed by atoms with E-state index in [9.17, 15) is 24.2 Å². The molecule has 1 unspecified atom stereocenters. The lowest BCUT2D eigenvalue weighted by molar-refractivity contribution is -0.0488. The van der Waals surface area contributed by atoms with Crippen molar-refractivity contribution in [2.45, 2.75) is 43.2 Å². The number of imidazole rings is 1. The van der Waals surface area contributed by atoms with E-state index in [1.807, 2.05) is 0 Å². The van der Waals surface area contributed by atoms with Crippen LogP contribution >= 0.6 is 27.4 Å². The number of nitrogens with zero attached hydrogens (tertiary/aromatic N) is 4. The largest absolute Gasteiger partial charge is 0.481 e. The van der Waals surface area contributed by atoms with Gasteiger partial charge in [-0.3, -0.25) is 4.52 Å². The maximum Gasteiger partial charge on any atom is 0.481 e. The third-order valence-corrected chi connectivity index (χ3v) is 7.99. The number of nitrogen functional groups attached to an aromatic ring is 1. The van der Waals surface area contributed by atoms with Crippen LogP contribution in [0.2, 0.25) is 0 Å². The number of phosphoric ester groups is 1. The Morgan fingerprint density at radius 1 is 1.26 bits per heavy atom. The van der Waals surface area contributed by atoms with Crippen LogP contribution in [0.1, 0.15) is 20.3 Å². The normalized spacial score (nSPS) is 31.2. The van der Waals surface area contributed by atoms with Gasteiger partial charge in [-0.2, -0.15) is 4.31 Å². The first-order chi connectivity index (χ1) is 14.1. The Balaban J connectivity index is 1.94. The fourth-order valence-corrected chi connectivity index (χ4v) is 5.95. The summed E-state index contributed by atoms with van der Waals surface area (Å²) in [6.07, 6.45) is 0.356. The zero-order chi connectivity index (χ0) is 23.4. The summed E-state index contributed by atoms with van der Waals surface area (Å²) in [5.41, 5.74) is 4.08. The van der Waals surface area contributed by atoms with Crippen LogP contribution in [0.25, 0.3) is 11.2 Å². The molecule has 0 radical (unpaired) electrons. The van der Waals surface area contributed by atoms with Gasteiger partial charge >= 0.3 is 15.6 Å². The van der Waals surface area contributed by atoms with Crippen molar-refractivity contribution in [2.24, 2.45) is 5.41 Å². The summed E-state index contributed by atoms with van der Waals surface area (Å²) in [6, 6.07) is 0. The Morgan fingerprint density at radius 2 is 1.90 bits per heavy atom. The van der Waals surface area contributed by atoms with Crippen LogP contribution in [0, 0.1) is 5.41 Å². The molecule has 1 saturated carbocycles. The van der Waals surface area contributed by atoms with Crippen LogP contribution in [0.4, 0.5) is 5.82 Å². The predicted octanol–water partition coefficient (Wildman–Crippen LogP) is 0.204. The van der Waals surface area contributed by atoms with Gasteiger partial charge in [0.05, 0.1) is 24.6 Å². The highest BCUT2D eigenvalue weighted by atomic mass is 32.2. The molecule has 1 aliphatic carbocycles. The SMILES string of the molecule is CSc1nc(N)c2ncn([C@]3(C)C[C@](C)(COP(=O)(O)OP(=O)(O)O)[C@@H](O)[C@H]3O)c2n1. The molecule has 1 aliphatic rings. The van der Waals surface area contributed by atoms with Crippen LogP contribution < -0.4 is 5.73 Å². The van der Waals surface area contributed by atoms with E-state index in [1.54, 1.807) is 17.7 Å². The molecule has 5 atom stereocenters. The molecule has 2 aromatic rings. The molecule has 174 valence electrons. The van der Waals surface area contributed by atoms with Gasteiger partial charge in [0, 0.05) is 5.41 Å². The van der Waals surface area contributed by atoms with Crippen molar-refractivity contribution in [3.63, 3.8) is 0 Å². The van der Waals surface area contributed by atoms with Crippen molar-refractivity contribution in [3.8, 4) is 0 Å². The summed E-state index contributed by atoms with van der Waals surface area (Å²) in [7, 11) is -10.4. The minimum absolute atomic E-state index is 0.0161. The molecule has 0 saturated heterocycles. The van der Waals surface area contributed by atoms with Crippen molar-refractivity contribution in [1.82, 2.24) is 19.5 Å². The second-order valence-corrected chi connectivity index (χ2v) is 11.4. The fourth-order valence-electron chi connectivity index (χ4n) is 3.87. The van der Waals surface area contributed by atoms with E-state index in [0.29, 0.717) is 16.3 Å². The quantitative estimate of drug-likeness (QED) is 0.170. The number of aliphatic hydroxyl groups is 2. The van der Waals surface area contributed by atoms with Gasteiger partial charge in [0.2, 0.25) is 0 Å². The number of nitrogens with two attached hydrogens (primary N) is 1. The molecule has 31 heavy (non-hydrogen) atoms. The molecule has 7 N–H and O–H groups in total. The number of hydrogen-bond donors (Lipinski definition) is 6. The van der Waals surface area contributed by atoms with Crippen molar-refractivity contribution in [1.29, 1.82) is 0 Å². The zero-order valence-electron chi connectivity index (χ0n) is 16.7. The molecule has 0 spiro atoms. The number of rotatable bonds is 7. The lowest BCUT2D eigenvalue weighted by atomic mass is 9.85. The highest BCUT2D eigenvalue weighted by Crippen LogP contribution is 2.59. The van der Waals surface area contributed by atoms with Crippen molar-refractivity contribution in [2.75, 3.05) is 18.6 Å². The van der Waals surface area contributed by atoms with Crippen LogP contribution in [0.5, 0.6) is 0 Å². The van der Waals surface area contributed by atoms with Gasteiger partial charge in [-0.1, -0.05) is 18.7 Å². The number of thioether (sulfide) groups is 1. The second-order valence-electron chi connectivity index (χ2n) is 7.77. The molecule has 0 aliphatic heterocycles. The lowest BCUT2D eigenvalue weighted by Gasteiger charge is -2.31. The number of fused-ring (bicyclic) bond motifs is 1. The molecule has 1 fully saturated rings. The maximum absolute atomic E-state index is 11.8. The average Bonchev–Trinajstić information content (AvgIpc) is 3.14. The molecular weight excluding hydrogens is 476 g/mol. The Kier molecular flexibility index (Phi) is 6.35. The highest BCUT2D eigenvalue weighted by Gasteiger charge is 2.58. The number of aromatic nitrogens is 4. The summed E-state index contributed by atoms with van der Waals surface area (Å²) in [5, 5.41) is 22.0. The number of hydrogen-bond acceptors (Lipinski definition) is 11. The summed E-state index contributed by atoms with van der Waals surface area (Å²) in [6.45, 7) is 2.48. The van der Waals surface area contributed by atoms with Gasteiger partial charge < -0.3 is 35.2 Å². The van der Waals surface area contributed by atoms with Crippen LogP contribution in [-0.2, 0) is 23.5 Å². The van der Waals surface area contributed by atoms with Crippen molar-refractivity contribution in [3.05, 3.63) is 6.33 Å². The van der Waals surface area contributed by atoms with Gasteiger partial charge in [-0.25, -0.2) is 24.1 Å². The Hall–Kier alpha value is -1.12. The van der Waals surface area contributed by atoms with Crippen LogP contribution in [0.15, 0.2) is 11.5 Å². The topological polar surface area (TPSA) is 223 Å². The summed E-state index contributed by atoms with van der Waals surface area (Å²) >= 11 is 1.26. The van der Waals surface area contributed by atoms with E-state index in [1.165, 1.54) is 25.0 Å². The van der Waals surface area contributed by atoms with Crippen LogP contribution in [0.3, 0.4) is 0 Å².